The second-order valence-corrected chi connectivity index (χ2v) is 5.41. The monoisotopic (exact) mass is 325 g/mol. The number of hydrogen-bond donors (Lipinski definition) is 2. The van der Waals surface area contributed by atoms with E-state index in [0.717, 1.165) is 17.1 Å². The van der Waals surface area contributed by atoms with Crippen LogP contribution < -0.4 is 15.5 Å². The third-order valence-electron chi connectivity index (χ3n) is 3.54. The fraction of sp³-hybridized carbons (Fsp3) is 0.263. The molecular formula is C19H23N3O2. The standard InChI is InChI=1S/C19H23N3O2/c1-3-22(18-10-5-4-6-11-18)19(24)12-13-20-16-8-7-9-17(14-16)21-15(2)23/h4-11,14,20H,3,12-13H2,1-2H3,(H,21,23). The zero-order valence-electron chi connectivity index (χ0n) is 14.1. The lowest BCUT2D eigenvalue weighted by molar-refractivity contribution is -0.118. The summed E-state index contributed by atoms with van der Waals surface area (Å²) in [6.45, 7) is 4.61. The quantitative estimate of drug-likeness (QED) is 0.819. The fourth-order valence-corrected chi connectivity index (χ4v) is 2.47. The lowest BCUT2D eigenvalue weighted by Gasteiger charge is -2.21. The molecule has 2 rings (SSSR count). The molecule has 0 spiro atoms. The van der Waals surface area contributed by atoms with Crippen molar-refractivity contribution in [3.05, 3.63) is 54.6 Å². The molecule has 0 bridgehead atoms. The van der Waals surface area contributed by atoms with Crippen molar-refractivity contribution in [3.63, 3.8) is 0 Å². The molecule has 0 unspecified atom stereocenters. The first-order valence-electron chi connectivity index (χ1n) is 8.07. The lowest BCUT2D eigenvalue weighted by Crippen LogP contribution is -2.31. The minimum absolute atomic E-state index is 0.0780. The summed E-state index contributed by atoms with van der Waals surface area (Å²) in [5.41, 5.74) is 2.52. The summed E-state index contributed by atoms with van der Waals surface area (Å²) >= 11 is 0. The molecular weight excluding hydrogens is 302 g/mol. The van der Waals surface area contributed by atoms with Gasteiger partial charge in [0, 0.05) is 43.5 Å². The molecule has 24 heavy (non-hydrogen) atoms. The van der Waals surface area contributed by atoms with Crippen LogP contribution in [0.25, 0.3) is 0 Å². The van der Waals surface area contributed by atoms with Gasteiger partial charge in [0.2, 0.25) is 11.8 Å². The molecule has 0 aliphatic carbocycles. The van der Waals surface area contributed by atoms with Crippen LogP contribution in [0.5, 0.6) is 0 Å². The van der Waals surface area contributed by atoms with Gasteiger partial charge in [-0.1, -0.05) is 24.3 Å². The zero-order chi connectivity index (χ0) is 17.4. The number of hydrogen-bond acceptors (Lipinski definition) is 3. The summed E-state index contributed by atoms with van der Waals surface area (Å²) < 4.78 is 0. The van der Waals surface area contributed by atoms with Crippen LogP contribution in [0, 0.1) is 0 Å². The Morgan fingerprint density at radius 3 is 2.38 bits per heavy atom. The molecule has 0 saturated carbocycles. The summed E-state index contributed by atoms with van der Waals surface area (Å²) in [7, 11) is 0. The van der Waals surface area contributed by atoms with Crippen molar-refractivity contribution in [2.24, 2.45) is 0 Å². The number of nitrogens with one attached hydrogen (secondary N) is 2. The predicted molar refractivity (Wildman–Crippen MR) is 98.3 cm³/mol. The number of benzene rings is 2. The van der Waals surface area contributed by atoms with Gasteiger partial charge >= 0.3 is 0 Å². The molecule has 0 saturated heterocycles. The lowest BCUT2D eigenvalue weighted by atomic mass is 10.2. The molecule has 0 aromatic heterocycles. The van der Waals surface area contributed by atoms with Crippen LogP contribution in [0.1, 0.15) is 20.3 Å². The number of nitrogens with zero attached hydrogens (tertiary/aromatic N) is 1. The Kier molecular flexibility index (Phi) is 6.37. The number of carbonyl (C=O) groups is 2. The Balaban J connectivity index is 1.89. The van der Waals surface area contributed by atoms with Crippen LogP contribution in [-0.2, 0) is 9.59 Å². The summed E-state index contributed by atoms with van der Waals surface area (Å²) in [5, 5.41) is 5.96. The molecule has 0 fully saturated rings. The van der Waals surface area contributed by atoms with Crippen LogP contribution in [0.15, 0.2) is 54.6 Å². The smallest absolute Gasteiger partial charge is 0.228 e. The maximum atomic E-state index is 12.4. The first kappa shape index (κ1) is 17.5. The van der Waals surface area contributed by atoms with E-state index in [2.05, 4.69) is 10.6 Å². The number of para-hydroxylation sites is 1. The van der Waals surface area contributed by atoms with Crippen LogP contribution >= 0.6 is 0 Å². The fourth-order valence-electron chi connectivity index (χ4n) is 2.47. The number of anilines is 3. The summed E-state index contributed by atoms with van der Waals surface area (Å²) in [6, 6.07) is 17.1. The van der Waals surface area contributed by atoms with Crippen LogP contribution in [0.4, 0.5) is 17.1 Å². The molecule has 2 N–H and O–H groups in total. The van der Waals surface area contributed by atoms with Crippen molar-refractivity contribution < 1.29 is 9.59 Å². The van der Waals surface area contributed by atoms with E-state index < -0.39 is 0 Å². The zero-order valence-corrected chi connectivity index (χ0v) is 14.1. The topological polar surface area (TPSA) is 61.4 Å². The van der Waals surface area contributed by atoms with Gasteiger partial charge in [-0.2, -0.15) is 0 Å². The summed E-state index contributed by atoms with van der Waals surface area (Å²) in [5.74, 6) is -0.0296. The number of carbonyl (C=O) groups excluding carboxylic acids is 2. The van der Waals surface area contributed by atoms with Crippen LogP contribution in [0.3, 0.4) is 0 Å². The number of rotatable bonds is 7. The highest BCUT2D eigenvalue weighted by atomic mass is 16.2. The first-order valence-corrected chi connectivity index (χ1v) is 8.07. The number of amides is 2. The van der Waals surface area contributed by atoms with Gasteiger partial charge in [0.25, 0.3) is 0 Å². The van der Waals surface area contributed by atoms with Gasteiger partial charge in [0.15, 0.2) is 0 Å². The Bertz CT molecular complexity index is 686. The van der Waals surface area contributed by atoms with Crippen molar-refractivity contribution >= 4 is 28.9 Å². The predicted octanol–water partition coefficient (Wildman–Crippen LogP) is 3.50. The summed E-state index contributed by atoms with van der Waals surface area (Å²) in [4.78, 5) is 25.3. The minimum atomic E-state index is -0.108. The van der Waals surface area contributed by atoms with Gasteiger partial charge in [0.1, 0.15) is 0 Å². The molecule has 2 aromatic carbocycles. The Morgan fingerprint density at radius 2 is 1.71 bits per heavy atom. The Morgan fingerprint density at radius 1 is 1.00 bits per heavy atom. The maximum absolute atomic E-state index is 12.4. The van der Waals surface area contributed by atoms with E-state index in [9.17, 15) is 9.59 Å². The minimum Gasteiger partial charge on any atom is -0.384 e. The molecule has 126 valence electrons. The van der Waals surface area contributed by atoms with Crippen molar-refractivity contribution in [1.29, 1.82) is 0 Å². The highest BCUT2D eigenvalue weighted by Gasteiger charge is 2.12. The molecule has 0 aliphatic rings. The van der Waals surface area contributed by atoms with Gasteiger partial charge < -0.3 is 15.5 Å². The van der Waals surface area contributed by atoms with Crippen molar-refractivity contribution in [3.8, 4) is 0 Å². The molecule has 0 atom stereocenters. The SMILES string of the molecule is CCN(C(=O)CCNc1cccc(NC(C)=O)c1)c1ccccc1. The second-order valence-electron chi connectivity index (χ2n) is 5.41. The maximum Gasteiger partial charge on any atom is 0.228 e. The average molecular weight is 325 g/mol. The van der Waals surface area contributed by atoms with E-state index >= 15 is 0 Å². The first-order chi connectivity index (χ1) is 11.6. The molecule has 0 radical (unpaired) electrons. The van der Waals surface area contributed by atoms with Gasteiger partial charge in [-0.05, 0) is 37.3 Å². The Hall–Kier alpha value is -2.82. The van der Waals surface area contributed by atoms with E-state index in [-0.39, 0.29) is 11.8 Å². The normalized spacial score (nSPS) is 10.1. The average Bonchev–Trinajstić information content (AvgIpc) is 2.56. The third kappa shape index (κ3) is 5.12. The van der Waals surface area contributed by atoms with Gasteiger partial charge in [0.05, 0.1) is 0 Å². The van der Waals surface area contributed by atoms with E-state index in [1.54, 1.807) is 4.90 Å². The van der Waals surface area contributed by atoms with Crippen molar-refractivity contribution in [2.75, 3.05) is 28.6 Å². The van der Waals surface area contributed by atoms with E-state index in [1.165, 1.54) is 6.92 Å². The molecule has 2 amide bonds. The van der Waals surface area contributed by atoms with E-state index in [4.69, 9.17) is 0 Å². The summed E-state index contributed by atoms with van der Waals surface area (Å²) in [6.07, 6.45) is 0.396. The molecule has 0 heterocycles. The molecule has 5 heteroatoms. The largest absolute Gasteiger partial charge is 0.384 e. The molecule has 0 aliphatic heterocycles. The highest BCUT2D eigenvalue weighted by molar-refractivity contribution is 5.93. The van der Waals surface area contributed by atoms with Crippen molar-refractivity contribution in [1.82, 2.24) is 0 Å². The van der Waals surface area contributed by atoms with E-state index in [1.807, 2.05) is 61.5 Å². The van der Waals surface area contributed by atoms with Crippen LogP contribution in [-0.4, -0.2) is 24.9 Å². The second kappa shape index (κ2) is 8.72. The molecule has 2 aromatic rings. The van der Waals surface area contributed by atoms with Crippen molar-refractivity contribution in [2.45, 2.75) is 20.3 Å². The van der Waals surface area contributed by atoms with Crippen LogP contribution in [0.2, 0.25) is 0 Å². The van der Waals surface area contributed by atoms with E-state index in [0.29, 0.717) is 19.5 Å². The van der Waals surface area contributed by atoms with Gasteiger partial charge in [-0.15, -0.1) is 0 Å². The van der Waals surface area contributed by atoms with Gasteiger partial charge in [-0.3, -0.25) is 9.59 Å². The highest BCUT2D eigenvalue weighted by Crippen LogP contribution is 2.16. The van der Waals surface area contributed by atoms with Gasteiger partial charge in [-0.25, -0.2) is 0 Å². The Labute approximate surface area is 142 Å². The molecule has 5 nitrogen and oxygen atoms in total. The third-order valence-corrected chi connectivity index (χ3v) is 3.54.